The first-order valence-corrected chi connectivity index (χ1v) is 10.8. The number of ether oxygens (including phenoxy) is 1. The number of aromatic nitrogens is 3. The number of carbonyl (C=O) groups excluding carboxylic acids is 1. The SMILES string of the molecule is CCN(C(=O)CSc1nnc(COc2c(C)cccc2C)n1N)c1ccccc1C. The van der Waals surface area contributed by atoms with Crippen molar-refractivity contribution in [2.45, 2.75) is 39.5 Å². The summed E-state index contributed by atoms with van der Waals surface area (Å²) in [5.74, 6) is 7.67. The molecule has 0 aliphatic rings. The van der Waals surface area contributed by atoms with Crippen LogP contribution in [0.15, 0.2) is 47.6 Å². The van der Waals surface area contributed by atoms with Crippen LogP contribution in [-0.4, -0.2) is 33.1 Å². The zero-order valence-electron chi connectivity index (χ0n) is 17.8. The van der Waals surface area contributed by atoms with Crippen molar-refractivity contribution in [1.82, 2.24) is 14.9 Å². The molecule has 0 bridgehead atoms. The number of hydrogen-bond donors (Lipinski definition) is 1. The maximum absolute atomic E-state index is 12.8. The maximum atomic E-state index is 12.8. The van der Waals surface area contributed by atoms with Gasteiger partial charge in [-0.15, -0.1) is 10.2 Å². The van der Waals surface area contributed by atoms with Crippen molar-refractivity contribution in [3.05, 3.63) is 65.0 Å². The number of aryl methyl sites for hydroxylation is 3. The Hall–Kier alpha value is -3.00. The lowest BCUT2D eigenvalue weighted by molar-refractivity contribution is -0.116. The molecule has 1 amide bonds. The average molecular weight is 426 g/mol. The molecule has 0 aliphatic heterocycles. The lowest BCUT2D eigenvalue weighted by Gasteiger charge is -2.22. The van der Waals surface area contributed by atoms with Crippen molar-refractivity contribution >= 4 is 23.4 Å². The molecule has 3 rings (SSSR count). The summed E-state index contributed by atoms with van der Waals surface area (Å²) in [5.41, 5.74) is 4.08. The molecule has 158 valence electrons. The Bertz CT molecular complexity index is 1010. The summed E-state index contributed by atoms with van der Waals surface area (Å²) >= 11 is 1.27. The van der Waals surface area contributed by atoms with E-state index in [4.69, 9.17) is 10.6 Å². The molecule has 0 atom stereocenters. The second-order valence-electron chi connectivity index (χ2n) is 6.99. The second-order valence-corrected chi connectivity index (χ2v) is 7.93. The number of nitrogens with two attached hydrogens (primary N) is 1. The first-order chi connectivity index (χ1) is 14.4. The van der Waals surface area contributed by atoms with E-state index < -0.39 is 0 Å². The van der Waals surface area contributed by atoms with Gasteiger partial charge in [-0.3, -0.25) is 4.79 Å². The number of rotatable bonds is 8. The van der Waals surface area contributed by atoms with E-state index in [-0.39, 0.29) is 18.3 Å². The first-order valence-electron chi connectivity index (χ1n) is 9.79. The van der Waals surface area contributed by atoms with Gasteiger partial charge < -0.3 is 15.5 Å². The van der Waals surface area contributed by atoms with Crippen LogP contribution in [0.4, 0.5) is 5.69 Å². The third-order valence-electron chi connectivity index (χ3n) is 4.84. The molecule has 0 fully saturated rings. The van der Waals surface area contributed by atoms with Crippen LogP contribution in [0.1, 0.15) is 29.4 Å². The van der Waals surface area contributed by atoms with Gasteiger partial charge in [0.05, 0.1) is 5.75 Å². The van der Waals surface area contributed by atoms with Crippen molar-refractivity contribution in [3.8, 4) is 5.75 Å². The molecule has 0 radical (unpaired) electrons. The van der Waals surface area contributed by atoms with E-state index in [9.17, 15) is 4.79 Å². The smallest absolute Gasteiger partial charge is 0.237 e. The predicted molar refractivity (Wildman–Crippen MR) is 120 cm³/mol. The number of carbonyl (C=O) groups is 1. The first kappa shape index (κ1) is 21.7. The Morgan fingerprint density at radius 2 is 1.73 bits per heavy atom. The fraction of sp³-hybridized carbons (Fsp3) is 0.318. The lowest BCUT2D eigenvalue weighted by Crippen LogP contribution is -2.32. The Kier molecular flexibility index (Phi) is 6.99. The van der Waals surface area contributed by atoms with Gasteiger partial charge in [0.25, 0.3) is 0 Å². The van der Waals surface area contributed by atoms with Crippen LogP contribution in [0, 0.1) is 20.8 Å². The normalized spacial score (nSPS) is 10.8. The van der Waals surface area contributed by atoms with Crippen LogP contribution in [0.3, 0.4) is 0 Å². The monoisotopic (exact) mass is 425 g/mol. The molecule has 1 aromatic heterocycles. The second kappa shape index (κ2) is 9.67. The number of benzene rings is 2. The number of anilines is 1. The van der Waals surface area contributed by atoms with Crippen LogP contribution >= 0.6 is 11.8 Å². The van der Waals surface area contributed by atoms with Crippen LogP contribution in [0.5, 0.6) is 5.75 Å². The highest BCUT2D eigenvalue weighted by molar-refractivity contribution is 7.99. The summed E-state index contributed by atoms with van der Waals surface area (Å²) in [7, 11) is 0. The fourth-order valence-corrected chi connectivity index (χ4v) is 3.97. The Morgan fingerprint density at radius 3 is 2.40 bits per heavy atom. The number of thioether (sulfide) groups is 1. The summed E-state index contributed by atoms with van der Waals surface area (Å²) in [4.78, 5) is 14.6. The van der Waals surface area contributed by atoms with E-state index in [1.54, 1.807) is 4.90 Å². The summed E-state index contributed by atoms with van der Waals surface area (Å²) < 4.78 is 7.30. The zero-order chi connectivity index (χ0) is 21.7. The van der Waals surface area contributed by atoms with Gasteiger partial charge in [0.1, 0.15) is 12.4 Å². The number of nitrogen functional groups attached to an aromatic ring is 1. The molecular formula is C22H27N5O2S. The van der Waals surface area contributed by atoms with Gasteiger partial charge >= 0.3 is 0 Å². The van der Waals surface area contributed by atoms with Gasteiger partial charge in [0, 0.05) is 12.2 Å². The fourth-order valence-electron chi connectivity index (χ4n) is 3.22. The van der Waals surface area contributed by atoms with Gasteiger partial charge in [0.15, 0.2) is 5.82 Å². The Balaban J connectivity index is 1.63. The van der Waals surface area contributed by atoms with Crippen LogP contribution in [0.25, 0.3) is 0 Å². The van der Waals surface area contributed by atoms with E-state index in [2.05, 4.69) is 10.2 Å². The lowest BCUT2D eigenvalue weighted by atomic mass is 10.1. The highest BCUT2D eigenvalue weighted by Crippen LogP contribution is 2.24. The van der Waals surface area contributed by atoms with Gasteiger partial charge in [-0.1, -0.05) is 48.2 Å². The molecule has 1 heterocycles. The van der Waals surface area contributed by atoms with E-state index in [1.165, 1.54) is 16.4 Å². The largest absolute Gasteiger partial charge is 0.485 e. The molecule has 3 aromatic rings. The molecule has 0 spiro atoms. The molecule has 8 heteroatoms. The minimum Gasteiger partial charge on any atom is -0.485 e. The number of hydrogen-bond acceptors (Lipinski definition) is 6. The molecule has 2 N–H and O–H groups in total. The third-order valence-corrected chi connectivity index (χ3v) is 5.77. The minimum absolute atomic E-state index is 0.00636. The molecule has 30 heavy (non-hydrogen) atoms. The highest BCUT2D eigenvalue weighted by atomic mass is 32.2. The summed E-state index contributed by atoms with van der Waals surface area (Å²) in [6.45, 7) is 8.75. The van der Waals surface area contributed by atoms with Crippen LogP contribution < -0.4 is 15.5 Å². The van der Waals surface area contributed by atoms with Crippen molar-refractivity contribution < 1.29 is 9.53 Å². The number of amides is 1. The molecular weight excluding hydrogens is 398 g/mol. The minimum atomic E-state index is -0.00636. The molecule has 0 saturated carbocycles. The molecule has 2 aromatic carbocycles. The topological polar surface area (TPSA) is 86.3 Å². The van der Waals surface area contributed by atoms with E-state index in [0.717, 1.165) is 28.1 Å². The van der Waals surface area contributed by atoms with Gasteiger partial charge in [-0.05, 0) is 50.5 Å². The van der Waals surface area contributed by atoms with Gasteiger partial charge in [-0.25, -0.2) is 4.68 Å². The Morgan fingerprint density at radius 1 is 1.07 bits per heavy atom. The highest BCUT2D eigenvalue weighted by Gasteiger charge is 2.18. The van der Waals surface area contributed by atoms with E-state index in [0.29, 0.717) is 17.5 Å². The maximum Gasteiger partial charge on any atom is 0.237 e. The number of nitrogens with zero attached hydrogens (tertiary/aromatic N) is 4. The van der Waals surface area contributed by atoms with E-state index in [1.807, 2.05) is 70.2 Å². The summed E-state index contributed by atoms with van der Waals surface area (Å²) in [6, 6.07) is 13.8. The van der Waals surface area contributed by atoms with Crippen LogP contribution in [0.2, 0.25) is 0 Å². The van der Waals surface area contributed by atoms with Crippen molar-refractivity contribution in [2.24, 2.45) is 0 Å². The third kappa shape index (κ3) is 4.76. The molecule has 0 aliphatic carbocycles. The molecule has 0 saturated heterocycles. The van der Waals surface area contributed by atoms with Crippen molar-refractivity contribution in [2.75, 3.05) is 23.0 Å². The van der Waals surface area contributed by atoms with Crippen LogP contribution in [-0.2, 0) is 11.4 Å². The molecule has 0 unspecified atom stereocenters. The Labute approximate surface area is 181 Å². The van der Waals surface area contributed by atoms with E-state index >= 15 is 0 Å². The molecule has 7 nitrogen and oxygen atoms in total. The van der Waals surface area contributed by atoms with Crippen molar-refractivity contribution in [1.29, 1.82) is 0 Å². The predicted octanol–water partition coefficient (Wildman–Crippen LogP) is 3.64. The van der Waals surface area contributed by atoms with Crippen molar-refractivity contribution in [3.63, 3.8) is 0 Å². The summed E-state index contributed by atoms with van der Waals surface area (Å²) in [5, 5.41) is 8.72. The summed E-state index contributed by atoms with van der Waals surface area (Å²) in [6.07, 6.45) is 0. The quantitative estimate of drug-likeness (QED) is 0.438. The average Bonchev–Trinajstić information content (AvgIpc) is 3.07. The van der Waals surface area contributed by atoms with Gasteiger partial charge in [-0.2, -0.15) is 0 Å². The zero-order valence-corrected chi connectivity index (χ0v) is 18.6. The number of para-hydroxylation sites is 2. The standard InChI is InChI=1S/C22H27N5O2S/c1-5-26(18-12-7-6-9-15(18)2)20(28)14-30-22-25-24-19(27(22)23)13-29-21-16(3)10-8-11-17(21)4/h6-12H,5,13-14,23H2,1-4H3. The van der Waals surface area contributed by atoms with Gasteiger partial charge in [0.2, 0.25) is 11.1 Å².